The van der Waals surface area contributed by atoms with Gasteiger partial charge in [0.15, 0.2) is 0 Å². The summed E-state index contributed by atoms with van der Waals surface area (Å²) >= 11 is 7.97. The third-order valence-electron chi connectivity index (χ3n) is 6.26. The molecule has 0 amide bonds. The molecule has 1 aliphatic heterocycles. The molecule has 2 aromatic carbocycles. The molecule has 4 aromatic rings. The van der Waals surface area contributed by atoms with Crippen LogP contribution < -0.4 is 5.73 Å². The predicted molar refractivity (Wildman–Crippen MR) is 131 cm³/mol. The van der Waals surface area contributed by atoms with Gasteiger partial charge in [-0.25, -0.2) is 9.97 Å². The van der Waals surface area contributed by atoms with Crippen LogP contribution in [-0.4, -0.2) is 51.7 Å². The molecule has 3 heterocycles. The van der Waals surface area contributed by atoms with Crippen LogP contribution in [0.1, 0.15) is 16.0 Å². The van der Waals surface area contributed by atoms with Gasteiger partial charge in [0, 0.05) is 52.7 Å². The summed E-state index contributed by atoms with van der Waals surface area (Å²) < 4.78 is 1.22. The maximum atomic E-state index is 11.9. The molecular weight excluding hydrogens is 442 g/mol. The van der Waals surface area contributed by atoms with Gasteiger partial charge in [-0.2, -0.15) is 0 Å². The van der Waals surface area contributed by atoms with Gasteiger partial charge in [-0.15, -0.1) is 11.3 Å². The number of aromatic nitrogens is 2. The summed E-state index contributed by atoms with van der Waals surface area (Å²) in [4.78, 5) is 26.3. The van der Waals surface area contributed by atoms with E-state index in [1.807, 2.05) is 30.3 Å². The smallest absolute Gasteiger partial charge is 0.138 e. The second-order valence-corrected chi connectivity index (χ2v) is 9.88. The lowest BCUT2D eigenvalue weighted by Crippen LogP contribution is -2.52. The van der Waals surface area contributed by atoms with Crippen molar-refractivity contribution >= 4 is 56.0 Å². The van der Waals surface area contributed by atoms with Crippen molar-refractivity contribution in [3.8, 4) is 0 Å². The average molecular weight is 466 g/mol. The number of nitrogens with two attached hydrogens (primary N) is 1. The SMILES string of the molecule is Cc1c(CN2CCN(Cc3ccc4c(N)ncnc4c3)C(C=O)C2)sc2cc(Cl)ccc12. The Bertz CT molecular complexity index is 1310. The molecule has 2 N–H and O–H groups in total. The van der Waals surface area contributed by atoms with E-state index in [0.29, 0.717) is 12.4 Å². The van der Waals surface area contributed by atoms with E-state index in [4.69, 9.17) is 17.3 Å². The minimum atomic E-state index is -0.140. The van der Waals surface area contributed by atoms with E-state index in [1.54, 1.807) is 11.3 Å². The first-order valence-corrected chi connectivity index (χ1v) is 11.8. The van der Waals surface area contributed by atoms with Crippen molar-refractivity contribution in [3.63, 3.8) is 0 Å². The standard InChI is InChI=1S/C24H24ClN5OS/c1-15-19-5-3-17(25)9-22(19)32-23(15)12-29-6-7-30(18(11-29)13-31)10-16-2-4-20-21(8-16)27-14-28-24(20)26/h2-5,8-9,13-14,18H,6-7,10-12H2,1H3,(H2,26,27,28). The number of fused-ring (bicyclic) bond motifs is 2. The Hall–Kier alpha value is -2.58. The van der Waals surface area contributed by atoms with Gasteiger partial charge in [0.2, 0.25) is 0 Å². The molecule has 6 nitrogen and oxygen atoms in total. The first kappa shape index (κ1) is 21.3. The largest absolute Gasteiger partial charge is 0.383 e. The number of nitrogen functional groups attached to an aromatic ring is 1. The Kier molecular flexibility index (Phi) is 5.82. The van der Waals surface area contributed by atoms with Crippen LogP contribution in [0.4, 0.5) is 5.82 Å². The number of carbonyl (C=O) groups excluding carboxylic acids is 1. The van der Waals surface area contributed by atoms with E-state index in [-0.39, 0.29) is 6.04 Å². The second-order valence-electron chi connectivity index (χ2n) is 8.31. The van der Waals surface area contributed by atoms with Gasteiger partial charge in [-0.05, 0) is 47.7 Å². The highest BCUT2D eigenvalue weighted by molar-refractivity contribution is 7.19. The van der Waals surface area contributed by atoms with Crippen LogP contribution in [0.3, 0.4) is 0 Å². The van der Waals surface area contributed by atoms with E-state index in [0.717, 1.165) is 54.0 Å². The highest BCUT2D eigenvalue weighted by Gasteiger charge is 2.27. The fourth-order valence-electron chi connectivity index (χ4n) is 4.44. The number of piperazine rings is 1. The molecule has 8 heteroatoms. The Labute approximate surface area is 195 Å². The molecule has 0 bridgehead atoms. The van der Waals surface area contributed by atoms with Crippen LogP contribution in [0.15, 0.2) is 42.7 Å². The van der Waals surface area contributed by atoms with Gasteiger partial charge in [-0.3, -0.25) is 9.80 Å². The van der Waals surface area contributed by atoms with Crippen LogP contribution >= 0.6 is 22.9 Å². The van der Waals surface area contributed by atoms with Crippen LogP contribution in [0.25, 0.3) is 21.0 Å². The maximum absolute atomic E-state index is 11.9. The fraction of sp³-hybridized carbons (Fsp3) is 0.292. The fourth-order valence-corrected chi connectivity index (χ4v) is 5.97. The molecule has 1 atom stereocenters. The summed E-state index contributed by atoms with van der Waals surface area (Å²) in [6.45, 7) is 6.21. The lowest BCUT2D eigenvalue weighted by Gasteiger charge is -2.39. The van der Waals surface area contributed by atoms with Crippen molar-refractivity contribution < 1.29 is 4.79 Å². The quantitative estimate of drug-likeness (QED) is 0.443. The van der Waals surface area contributed by atoms with Gasteiger partial charge >= 0.3 is 0 Å². The molecule has 1 fully saturated rings. The Balaban J connectivity index is 1.29. The van der Waals surface area contributed by atoms with Crippen molar-refractivity contribution in [3.05, 3.63) is 63.8 Å². The highest BCUT2D eigenvalue weighted by Crippen LogP contribution is 2.34. The van der Waals surface area contributed by atoms with Crippen LogP contribution in [0.5, 0.6) is 0 Å². The van der Waals surface area contributed by atoms with E-state index < -0.39 is 0 Å². The zero-order valence-electron chi connectivity index (χ0n) is 17.8. The van der Waals surface area contributed by atoms with Gasteiger partial charge < -0.3 is 10.5 Å². The molecule has 164 valence electrons. The zero-order chi connectivity index (χ0) is 22.2. The minimum absolute atomic E-state index is 0.140. The molecule has 5 rings (SSSR count). The number of nitrogens with zero attached hydrogens (tertiary/aromatic N) is 4. The molecule has 2 aromatic heterocycles. The Morgan fingerprint density at radius 1 is 1.16 bits per heavy atom. The molecule has 0 saturated carbocycles. The van der Waals surface area contributed by atoms with Gasteiger partial charge in [-0.1, -0.05) is 23.7 Å². The normalized spacial score (nSPS) is 17.9. The van der Waals surface area contributed by atoms with E-state index >= 15 is 0 Å². The van der Waals surface area contributed by atoms with Crippen molar-refractivity contribution in [2.75, 3.05) is 25.4 Å². The summed E-state index contributed by atoms with van der Waals surface area (Å²) in [5.41, 5.74) is 9.19. The lowest BCUT2D eigenvalue weighted by molar-refractivity contribution is -0.115. The number of hydrogen-bond donors (Lipinski definition) is 1. The average Bonchev–Trinajstić information content (AvgIpc) is 3.09. The maximum Gasteiger partial charge on any atom is 0.138 e. The number of anilines is 1. The third kappa shape index (κ3) is 4.09. The van der Waals surface area contributed by atoms with Crippen molar-refractivity contribution in [2.24, 2.45) is 0 Å². The summed E-state index contributed by atoms with van der Waals surface area (Å²) in [5.74, 6) is 0.486. The van der Waals surface area contributed by atoms with E-state index in [9.17, 15) is 4.79 Å². The van der Waals surface area contributed by atoms with Crippen molar-refractivity contribution in [2.45, 2.75) is 26.1 Å². The number of aldehydes is 1. The minimum Gasteiger partial charge on any atom is -0.383 e. The number of thiophene rings is 1. The van der Waals surface area contributed by atoms with Gasteiger partial charge in [0.05, 0.1) is 11.6 Å². The highest BCUT2D eigenvalue weighted by atomic mass is 35.5. The summed E-state index contributed by atoms with van der Waals surface area (Å²) in [6, 6.07) is 12.0. The second kappa shape index (κ2) is 8.75. The van der Waals surface area contributed by atoms with Gasteiger partial charge in [0.1, 0.15) is 18.4 Å². The molecule has 1 saturated heterocycles. The molecule has 32 heavy (non-hydrogen) atoms. The number of benzene rings is 2. The Morgan fingerprint density at radius 3 is 2.84 bits per heavy atom. The van der Waals surface area contributed by atoms with Crippen LogP contribution in [0.2, 0.25) is 5.02 Å². The molecule has 1 unspecified atom stereocenters. The molecule has 0 radical (unpaired) electrons. The van der Waals surface area contributed by atoms with E-state index in [1.165, 1.54) is 26.9 Å². The summed E-state index contributed by atoms with van der Waals surface area (Å²) in [5, 5.41) is 2.89. The molecule has 0 aliphatic carbocycles. The van der Waals surface area contributed by atoms with Crippen LogP contribution in [0, 0.1) is 6.92 Å². The predicted octanol–water partition coefficient (Wildman–Crippen LogP) is 4.27. The third-order valence-corrected chi connectivity index (χ3v) is 7.73. The molecular formula is C24H24ClN5OS. The number of aryl methyl sites for hydroxylation is 1. The van der Waals surface area contributed by atoms with Crippen molar-refractivity contribution in [1.82, 2.24) is 19.8 Å². The number of rotatable bonds is 5. The topological polar surface area (TPSA) is 75.3 Å². The molecule has 1 aliphatic rings. The first-order valence-electron chi connectivity index (χ1n) is 10.6. The Morgan fingerprint density at radius 2 is 2.00 bits per heavy atom. The van der Waals surface area contributed by atoms with E-state index in [2.05, 4.69) is 32.8 Å². The monoisotopic (exact) mass is 465 g/mol. The summed E-state index contributed by atoms with van der Waals surface area (Å²) in [7, 11) is 0. The first-order chi connectivity index (χ1) is 15.5. The number of carbonyl (C=O) groups is 1. The zero-order valence-corrected chi connectivity index (χ0v) is 19.4. The molecule has 0 spiro atoms. The lowest BCUT2D eigenvalue weighted by atomic mass is 10.1. The summed E-state index contributed by atoms with van der Waals surface area (Å²) in [6.07, 6.45) is 2.56. The number of halogens is 1. The van der Waals surface area contributed by atoms with Crippen molar-refractivity contribution in [1.29, 1.82) is 0 Å². The number of hydrogen-bond acceptors (Lipinski definition) is 7. The van der Waals surface area contributed by atoms with Crippen LogP contribution in [-0.2, 0) is 17.9 Å². The van der Waals surface area contributed by atoms with Gasteiger partial charge in [0.25, 0.3) is 0 Å².